The van der Waals surface area contributed by atoms with Gasteiger partial charge in [0.15, 0.2) is 6.61 Å². The second-order valence-electron chi connectivity index (χ2n) is 5.68. The van der Waals surface area contributed by atoms with E-state index in [1.54, 1.807) is 6.07 Å². The Hall–Kier alpha value is -1.65. The standard InChI is InChI=1S/C15H23N3O2/c1-10-6-4-5-7-13(10)16-14(19)9-20-15-8-11(2)12(3)17-18-15/h8,10,13H,4-7,9H2,1-3H3,(H,16,19)/t10-,13-/m1/s1. The predicted octanol–water partition coefficient (Wildman–Crippen LogP) is 2.17. The summed E-state index contributed by atoms with van der Waals surface area (Å²) in [7, 11) is 0. The molecule has 2 atom stereocenters. The van der Waals surface area contributed by atoms with Gasteiger partial charge in [0.05, 0.1) is 5.69 Å². The van der Waals surface area contributed by atoms with Crippen LogP contribution < -0.4 is 10.1 Å². The first-order valence-electron chi connectivity index (χ1n) is 7.29. The molecule has 1 saturated carbocycles. The second kappa shape index (κ2) is 6.68. The van der Waals surface area contributed by atoms with Gasteiger partial charge in [-0.25, -0.2) is 0 Å². The number of hydrogen-bond acceptors (Lipinski definition) is 4. The molecule has 0 bridgehead atoms. The van der Waals surface area contributed by atoms with Crippen LogP contribution in [0, 0.1) is 19.8 Å². The zero-order valence-electron chi connectivity index (χ0n) is 12.5. The number of carbonyl (C=O) groups excluding carboxylic acids is 1. The first-order valence-corrected chi connectivity index (χ1v) is 7.29. The lowest BCUT2D eigenvalue weighted by Crippen LogP contribution is -2.43. The molecule has 0 aliphatic heterocycles. The molecule has 0 aromatic carbocycles. The van der Waals surface area contributed by atoms with Crippen LogP contribution in [-0.4, -0.2) is 28.8 Å². The second-order valence-corrected chi connectivity index (χ2v) is 5.68. The quantitative estimate of drug-likeness (QED) is 0.916. The number of rotatable bonds is 4. The van der Waals surface area contributed by atoms with Gasteiger partial charge in [0, 0.05) is 12.1 Å². The molecule has 1 aliphatic rings. The van der Waals surface area contributed by atoms with Gasteiger partial charge in [0.1, 0.15) is 0 Å². The fraction of sp³-hybridized carbons (Fsp3) is 0.667. The summed E-state index contributed by atoms with van der Waals surface area (Å²) in [6.45, 7) is 6.03. The van der Waals surface area contributed by atoms with E-state index in [-0.39, 0.29) is 18.6 Å². The van der Waals surface area contributed by atoms with Gasteiger partial charge in [0.2, 0.25) is 5.88 Å². The van der Waals surface area contributed by atoms with Crippen molar-refractivity contribution in [2.24, 2.45) is 5.92 Å². The van der Waals surface area contributed by atoms with E-state index in [4.69, 9.17) is 4.74 Å². The first kappa shape index (κ1) is 14.8. The summed E-state index contributed by atoms with van der Waals surface area (Å²) in [5, 5.41) is 11.0. The van der Waals surface area contributed by atoms with Gasteiger partial charge in [-0.15, -0.1) is 5.10 Å². The molecule has 5 heteroatoms. The Labute approximate surface area is 120 Å². The lowest BCUT2D eigenvalue weighted by atomic mass is 9.86. The lowest BCUT2D eigenvalue weighted by molar-refractivity contribution is -0.124. The van der Waals surface area contributed by atoms with Crippen LogP contribution in [0.2, 0.25) is 0 Å². The maximum Gasteiger partial charge on any atom is 0.258 e. The minimum atomic E-state index is -0.0798. The van der Waals surface area contributed by atoms with Gasteiger partial charge < -0.3 is 10.1 Å². The number of aryl methyl sites for hydroxylation is 2. The maximum absolute atomic E-state index is 11.9. The van der Waals surface area contributed by atoms with Gasteiger partial charge in [-0.1, -0.05) is 19.8 Å². The van der Waals surface area contributed by atoms with E-state index in [2.05, 4.69) is 22.4 Å². The summed E-state index contributed by atoms with van der Waals surface area (Å²) < 4.78 is 5.39. The number of carbonyl (C=O) groups is 1. The minimum Gasteiger partial charge on any atom is -0.466 e. The van der Waals surface area contributed by atoms with Crippen LogP contribution in [0.25, 0.3) is 0 Å². The molecule has 1 aliphatic carbocycles. The zero-order valence-corrected chi connectivity index (χ0v) is 12.5. The fourth-order valence-corrected chi connectivity index (χ4v) is 2.51. The minimum absolute atomic E-state index is 0.000398. The summed E-state index contributed by atoms with van der Waals surface area (Å²) in [5.41, 5.74) is 1.88. The molecule has 1 fully saturated rings. The Kier molecular flexibility index (Phi) is 4.93. The molecule has 1 heterocycles. The van der Waals surface area contributed by atoms with Crippen molar-refractivity contribution >= 4 is 5.91 Å². The van der Waals surface area contributed by atoms with Crippen LogP contribution in [0.15, 0.2) is 6.07 Å². The fourth-order valence-electron chi connectivity index (χ4n) is 2.51. The Balaban J connectivity index is 1.81. The summed E-state index contributed by atoms with van der Waals surface area (Å²) in [5.74, 6) is 0.873. The molecule has 1 aromatic rings. The van der Waals surface area contributed by atoms with Crippen LogP contribution in [0.5, 0.6) is 5.88 Å². The van der Waals surface area contributed by atoms with Crippen molar-refractivity contribution in [3.05, 3.63) is 17.3 Å². The molecule has 5 nitrogen and oxygen atoms in total. The number of amides is 1. The van der Waals surface area contributed by atoms with Crippen LogP contribution in [-0.2, 0) is 4.79 Å². The van der Waals surface area contributed by atoms with E-state index in [1.165, 1.54) is 19.3 Å². The molecule has 1 N–H and O–H groups in total. The van der Waals surface area contributed by atoms with Gasteiger partial charge in [-0.05, 0) is 38.2 Å². The normalized spacial score (nSPS) is 22.4. The third-order valence-electron chi connectivity index (χ3n) is 4.02. The van der Waals surface area contributed by atoms with Gasteiger partial charge in [-0.3, -0.25) is 4.79 Å². The molecule has 1 aromatic heterocycles. The summed E-state index contributed by atoms with van der Waals surface area (Å²) in [4.78, 5) is 11.9. The third kappa shape index (κ3) is 3.92. The molecule has 0 saturated heterocycles. The number of aromatic nitrogens is 2. The third-order valence-corrected chi connectivity index (χ3v) is 4.02. The molecule has 2 rings (SSSR count). The first-order chi connectivity index (χ1) is 9.56. The number of nitrogens with one attached hydrogen (secondary N) is 1. The Morgan fingerprint density at radius 2 is 2.10 bits per heavy atom. The highest BCUT2D eigenvalue weighted by atomic mass is 16.5. The lowest BCUT2D eigenvalue weighted by Gasteiger charge is -2.29. The molecular weight excluding hydrogens is 254 g/mol. The van der Waals surface area contributed by atoms with Crippen molar-refractivity contribution in [2.45, 2.75) is 52.5 Å². The summed E-state index contributed by atoms with van der Waals surface area (Å²) in [6.07, 6.45) is 4.71. The van der Waals surface area contributed by atoms with Gasteiger partial charge in [-0.2, -0.15) is 5.10 Å². The van der Waals surface area contributed by atoms with Crippen LogP contribution >= 0.6 is 0 Å². The topological polar surface area (TPSA) is 64.1 Å². The highest BCUT2D eigenvalue weighted by molar-refractivity contribution is 5.77. The van der Waals surface area contributed by atoms with Crippen LogP contribution in [0.3, 0.4) is 0 Å². The highest BCUT2D eigenvalue weighted by Crippen LogP contribution is 2.23. The SMILES string of the molecule is Cc1cc(OCC(=O)N[C@@H]2CCCC[C@H]2C)nnc1C. The van der Waals surface area contributed by atoms with E-state index in [1.807, 2.05) is 13.8 Å². The van der Waals surface area contributed by atoms with E-state index < -0.39 is 0 Å². The Bertz CT molecular complexity index is 476. The molecule has 0 unspecified atom stereocenters. The Morgan fingerprint density at radius 3 is 2.80 bits per heavy atom. The summed E-state index contributed by atoms with van der Waals surface area (Å²) in [6, 6.07) is 2.09. The average Bonchev–Trinajstić information content (AvgIpc) is 2.43. The van der Waals surface area contributed by atoms with E-state index in [0.29, 0.717) is 11.8 Å². The largest absolute Gasteiger partial charge is 0.466 e. The van der Waals surface area contributed by atoms with E-state index >= 15 is 0 Å². The highest BCUT2D eigenvalue weighted by Gasteiger charge is 2.22. The van der Waals surface area contributed by atoms with Crippen molar-refractivity contribution < 1.29 is 9.53 Å². The molecular formula is C15H23N3O2. The van der Waals surface area contributed by atoms with Gasteiger partial charge in [0.25, 0.3) is 5.91 Å². The number of ether oxygens (including phenoxy) is 1. The number of hydrogen-bond donors (Lipinski definition) is 1. The smallest absolute Gasteiger partial charge is 0.258 e. The average molecular weight is 277 g/mol. The molecule has 20 heavy (non-hydrogen) atoms. The molecule has 0 radical (unpaired) electrons. The van der Waals surface area contributed by atoms with Crippen LogP contribution in [0.4, 0.5) is 0 Å². The van der Waals surface area contributed by atoms with E-state index in [9.17, 15) is 4.79 Å². The maximum atomic E-state index is 11.9. The van der Waals surface area contributed by atoms with Crippen molar-refractivity contribution in [3.8, 4) is 5.88 Å². The van der Waals surface area contributed by atoms with Gasteiger partial charge >= 0.3 is 0 Å². The van der Waals surface area contributed by atoms with Crippen molar-refractivity contribution in [1.29, 1.82) is 0 Å². The van der Waals surface area contributed by atoms with Crippen molar-refractivity contribution in [2.75, 3.05) is 6.61 Å². The molecule has 0 spiro atoms. The number of nitrogens with zero attached hydrogens (tertiary/aromatic N) is 2. The summed E-state index contributed by atoms with van der Waals surface area (Å²) >= 11 is 0. The van der Waals surface area contributed by atoms with Crippen LogP contribution in [0.1, 0.15) is 43.9 Å². The monoisotopic (exact) mass is 277 g/mol. The zero-order chi connectivity index (χ0) is 14.5. The molecule has 110 valence electrons. The van der Waals surface area contributed by atoms with Crippen molar-refractivity contribution in [1.82, 2.24) is 15.5 Å². The van der Waals surface area contributed by atoms with Crippen molar-refractivity contribution in [3.63, 3.8) is 0 Å². The molecule has 1 amide bonds. The predicted molar refractivity (Wildman–Crippen MR) is 76.6 cm³/mol. The van der Waals surface area contributed by atoms with E-state index in [0.717, 1.165) is 17.7 Å². The Morgan fingerprint density at radius 1 is 1.35 bits per heavy atom.